The minimum Gasteiger partial charge on any atom is -0.456 e. The number of para-hydroxylation sites is 6. The molecule has 0 spiro atoms. The van der Waals surface area contributed by atoms with Crippen molar-refractivity contribution in [3.8, 4) is 22.5 Å². The van der Waals surface area contributed by atoms with Crippen LogP contribution in [0.5, 0.6) is 0 Å². The molecular weight excluding hydrogens is 816 g/mol. The summed E-state index contributed by atoms with van der Waals surface area (Å²) in [6.07, 6.45) is 0. The number of hydrogen-bond acceptors (Lipinski definition) is 3. The Balaban J connectivity index is 1.14. The molecule has 5 heterocycles. The zero-order valence-electron chi connectivity index (χ0n) is 36.6. The van der Waals surface area contributed by atoms with Gasteiger partial charge >= 0.3 is 6.85 Å². The minimum absolute atomic E-state index is 0.207. The van der Waals surface area contributed by atoms with E-state index in [2.05, 4.69) is 244 Å². The van der Waals surface area contributed by atoms with Crippen LogP contribution >= 0.6 is 0 Å². The molecule has 5 nitrogen and oxygen atoms in total. The van der Waals surface area contributed by atoms with Crippen molar-refractivity contribution in [2.75, 3.05) is 9.71 Å². The first kappa shape index (κ1) is 36.6. The second-order valence-corrected chi connectivity index (χ2v) is 18.1. The van der Waals surface area contributed by atoms with Crippen molar-refractivity contribution >= 4 is 112 Å². The molecule has 15 rings (SSSR count). The number of furan rings is 1. The zero-order chi connectivity index (χ0) is 43.9. The van der Waals surface area contributed by atoms with Crippen LogP contribution in [0.3, 0.4) is 0 Å². The number of fused-ring (bicyclic) bond motifs is 14. The summed E-state index contributed by atoms with van der Waals surface area (Å²) < 4.78 is 11.9. The number of hydrogen-bond donors (Lipinski definition) is 0. The van der Waals surface area contributed by atoms with E-state index in [9.17, 15) is 0 Å². The van der Waals surface area contributed by atoms with E-state index in [1.807, 2.05) is 0 Å². The quantitative estimate of drug-likeness (QED) is 0.162. The molecule has 0 amide bonds. The number of anilines is 5. The van der Waals surface area contributed by atoms with Crippen LogP contribution in [0, 0.1) is 6.92 Å². The molecule has 2 aliphatic rings. The van der Waals surface area contributed by atoms with E-state index in [1.54, 1.807) is 0 Å². The van der Waals surface area contributed by atoms with E-state index in [-0.39, 0.29) is 6.85 Å². The van der Waals surface area contributed by atoms with Crippen molar-refractivity contribution in [1.82, 2.24) is 9.13 Å². The molecule has 312 valence electrons. The molecule has 0 bridgehead atoms. The number of aryl methyl sites for hydroxylation is 1. The molecule has 0 N–H and O–H groups in total. The van der Waals surface area contributed by atoms with Gasteiger partial charge in [-0.2, -0.15) is 0 Å². The maximum atomic E-state index is 6.78. The van der Waals surface area contributed by atoms with E-state index in [0.717, 1.165) is 50.4 Å². The second kappa shape index (κ2) is 13.6. The molecule has 2 aliphatic heterocycles. The summed E-state index contributed by atoms with van der Waals surface area (Å²) in [4.78, 5) is 4.99. The first-order valence-corrected chi connectivity index (χ1v) is 23.1. The SMILES string of the molecule is Cc1ccc(N2B3c4cc5oc6ccccc6c5cc4-n4c5ccccc5c5c(-n6c7ccccc7c7ccccc76)cc(c3c54)-c3ccc(N(c4ccccc4)c4ccccc4)cc32)cc1. The van der Waals surface area contributed by atoms with Gasteiger partial charge in [0.05, 0.1) is 27.8 Å². The molecule has 0 fully saturated rings. The van der Waals surface area contributed by atoms with Gasteiger partial charge in [-0.1, -0.05) is 133 Å². The third-order valence-corrected chi connectivity index (χ3v) is 14.5. The summed E-state index contributed by atoms with van der Waals surface area (Å²) in [6.45, 7) is 1.96. The number of benzene rings is 10. The number of nitrogens with zero attached hydrogens (tertiary/aromatic N) is 4. The van der Waals surface area contributed by atoms with Crippen LogP contribution in [0.4, 0.5) is 28.4 Å². The van der Waals surface area contributed by atoms with Crippen molar-refractivity contribution in [3.63, 3.8) is 0 Å². The lowest BCUT2D eigenvalue weighted by Crippen LogP contribution is -2.60. The lowest BCUT2D eigenvalue weighted by Gasteiger charge is -2.42. The molecule has 6 heteroatoms. The largest absolute Gasteiger partial charge is 0.456 e. The van der Waals surface area contributed by atoms with Crippen LogP contribution in [0.25, 0.3) is 88.1 Å². The molecule has 13 aromatic rings. The normalized spacial score (nSPS) is 12.8. The molecule has 0 saturated carbocycles. The van der Waals surface area contributed by atoms with E-state index < -0.39 is 0 Å². The molecule has 0 aliphatic carbocycles. The lowest BCUT2D eigenvalue weighted by molar-refractivity contribution is 0.669. The van der Waals surface area contributed by atoms with Crippen LogP contribution < -0.4 is 20.6 Å². The predicted octanol–water partition coefficient (Wildman–Crippen LogP) is 14.8. The van der Waals surface area contributed by atoms with Crippen LogP contribution in [0.1, 0.15) is 5.56 Å². The van der Waals surface area contributed by atoms with Crippen LogP contribution in [0.2, 0.25) is 0 Å². The van der Waals surface area contributed by atoms with Gasteiger partial charge in [-0.15, -0.1) is 0 Å². The lowest BCUT2D eigenvalue weighted by atomic mass is 9.44. The average molecular weight is 855 g/mol. The fourth-order valence-electron chi connectivity index (χ4n) is 11.7. The van der Waals surface area contributed by atoms with Gasteiger partial charge in [0.25, 0.3) is 0 Å². The molecule has 3 aromatic heterocycles. The standard InChI is InChI=1S/C61H39BN4O/c1-38-28-30-41(31-29-38)66-54-34-42(63(39-16-4-2-5-17-39)40-18-6-3-7-19-40)32-33-45(54)49-36-56(64-51-24-12-8-20-43(51)44-21-9-13-25-52(44)64)59-47-23-10-14-26-53(47)65-55-35-48-46-22-11-15-27-57(46)67-58(48)37-50(55)62(66)60(49)61(59)65/h2-37H,1H3. The van der Waals surface area contributed by atoms with Gasteiger partial charge in [0.15, 0.2) is 0 Å². The Bertz CT molecular complexity index is 4090. The minimum atomic E-state index is -0.207. The third kappa shape index (κ3) is 5.04. The van der Waals surface area contributed by atoms with E-state index in [1.165, 1.54) is 82.6 Å². The summed E-state index contributed by atoms with van der Waals surface area (Å²) in [7, 11) is 0. The first-order valence-electron chi connectivity index (χ1n) is 23.1. The summed E-state index contributed by atoms with van der Waals surface area (Å²) in [5.41, 5.74) is 20.6. The molecule has 67 heavy (non-hydrogen) atoms. The van der Waals surface area contributed by atoms with Crippen LogP contribution in [0.15, 0.2) is 223 Å². The summed E-state index contributed by atoms with van der Waals surface area (Å²) in [5, 5.41) is 7.20. The highest BCUT2D eigenvalue weighted by Crippen LogP contribution is 2.50. The van der Waals surface area contributed by atoms with Gasteiger partial charge in [-0.05, 0) is 114 Å². The molecular formula is C61H39BN4O. The molecule has 0 radical (unpaired) electrons. The van der Waals surface area contributed by atoms with Crippen molar-refractivity contribution in [1.29, 1.82) is 0 Å². The van der Waals surface area contributed by atoms with Gasteiger partial charge in [0, 0.05) is 72.0 Å². The molecule has 0 atom stereocenters. The monoisotopic (exact) mass is 854 g/mol. The van der Waals surface area contributed by atoms with Gasteiger partial charge < -0.3 is 23.3 Å². The van der Waals surface area contributed by atoms with Gasteiger partial charge in [0.2, 0.25) is 0 Å². The number of rotatable bonds is 5. The zero-order valence-corrected chi connectivity index (χ0v) is 36.6. The van der Waals surface area contributed by atoms with Crippen LogP contribution in [-0.2, 0) is 0 Å². The highest BCUT2D eigenvalue weighted by molar-refractivity contribution is 6.94. The Kier molecular flexibility index (Phi) is 7.45. The summed E-state index contributed by atoms with van der Waals surface area (Å²) in [6, 6.07) is 80.2. The van der Waals surface area contributed by atoms with E-state index in [0.29, 0.717) is 0 Å². The predicted molar refractivity (Wildman–Crippen MR) is 281 cm³/mol. The number of aromatic nitrogens is 2. The molecule has 0 unspecified atom stereocenters. The Morgan fingerprint density at radius 1 is 0.418 bits per heavy atom. The van der Waals surface area contributed by atoms with Crippen molar-refractivity contribution in [2.24, 2.45) is 0 Å². The van der Waals surface area contributed by atoms with Crippen molar-refractivity contribution in [3.05, 3.63) is 224 Å². The topological polar surface area (TPSA) is 29.5 Å². The Labute approximate surface area is 386 Å². The smallest absolute Gasteiger partial charge is 0.333 e. The Hall–Kier alpha value is -8.74. The van der Waals surface area contributed by atoms with Crippen LogP contribution in [-0.4, -0.2) is 16.0 Å². The fourth-order valence-corrected chi connectivity index (χ4v) is 11.7. The maximum Gasteiger partial charge on any atom is 0.333 e. The second-order valence-electron chi connectivity index (χ2n) is 18.1. The Morgan fingerprint density at radius 2 is 1.01 bits per heavy atom. The van der Waals surface area contributed by atoms with Gasteiger partial charge in [-0.3, -0.25) is 0 Å². The third-order valence-electron chi connectivity index (χ3n) is 14.5. The highest BCUT2D eigenvalue weighted by atomic mass is 16.3. The van der Waals surface area contributed by atoms with Crippen molar-refractivity contribution in [2.45, 2.75) is 6.92 Å². The maximum absolute atomic E-state index is 6.78. The van der Waals surface area contributed by atoms with Crippen molar-refractivity contribution < 1.29 is 4.42 Å². The van der Waals surface area contributed by atoms with Gasteiger partial charge in [0.1, 0.15) is 11.2 Å². The average Bonchev–Trinajstić information content (AvgIpc) is 4.04. The highest BCUT2D eigenvalue weighted by Gasteiger charge is 2.45. The molecule has 10 aromatic carbocycles. The van der Waals surface area contributed by atoms with E-state index >= 15 is 0 Å². The fraction of sp³-hybridized carbons (Fsp3) is 0.0164. The summed E-state index contributed by atoms with van der Waals surface area (Å²) >= 11 is 0. The summed E-state index contributed by atoms with van der Waals surface area (Å²) in [5.74, 6) is 0. The first-order chi connectivity index (χ1) is 33.2. The Morgan fingerprint density at radius 3 is 1.70 bits per heavy atom. The molecule has 0 saturated heterocycles. The van der Waals surface area contributed by atoms with E-state index in [4.69, 9.17) is 4.42 Å². The van der Waals surface area contributed by atoms with Gasteiger partial charge in [-0.25, -0.2) is 0 Å².